The molecule has 0 saturated carbocycles. The minimum atomic E-state index is -1.18. The molecule has 0 unspecified atom stereocenters. The van der Waals surface area contributed by atoms with E-state index >= 15 is 0 Å². The summed E-state index contributed by atoms with van der Waals surface area (Å²) in [5.74, 6) is -1.47. The van der Waals surface area contributed by atoms with Crippen molar-refractivity contribution >= 4 is 11.8 Å². The van der Waals surface area contributed by atoms with Gasteiger partial charge in [0.1, 0.15) is 5.84 Å². The molecule has 0 radical (unpaired) electrons. The van der Waals surface area contributed by atoms with E-state index in [-0.39, 0.29) is 17.1 Å². The van der Waals surface area contributed by atoms with Crippen molar-refractivity contribution < 1.29 is 9.90 Å². The number of carboxylic acids is 1. The molecule has 0 saturated heterocycles. The summed E-state index contributed by atoms with van der Waals surface area (Å²) in [6.07, 6.45) is 1.34. The summed E-state index contributed by atoms with van der Waals surface area (Å²) in [6.45, 7) is 0. The Kier molecular flexibility index (Phi) is 2.05. The summed E-state index contributed by atoms with van der Waals surface area (Å²) in [5, 5.41) is 15.6. The molecule has 5 nitrogen and oxygen atoms in total. The smallest absolute Gasteiger partial charge is 0.355 e. The van der Waals surface area contributed by atoms with Gasteiger partial charge in [-0.1, -0.05) is 0 Å². The van der Waals surface area contributed by atoms with Crippen LogP contribution in [0, 0.1) is 5.41 Å². The fourth-order valence-corrected chi connectivity index (χ4v) is 0.793. The van der Waals surface area contributed by atoms with E-state index in [0.717, 1.165) is 0 Å². The van der Waals surface area contributed by atoms with Crippen LogP contribution in [0.25, 0.3) is 0 Å². The first-order valence-electron chi connectivity index (χ1n) is 3.15. The molecule has 0 fully saturated rings. The van der Waals surface area contributed by atoms with Crippen LogP contribution in [0.2, 0.25) is 0 Å². The molecule has 4 N–H and O–H groups in total. The Balaban J connectivity index is 3.27. The predicted molar refractivity (Wildman–Crippen MR) is 42.2 cm³/mol. The average molecular weight is 165 g/mol. The molecule has 0 aromatic carbocycles. The summed E-state index contributed by atoms with van der Waals surface area (Å²) < 4.78 is 0. The van der Waals surface area contributed by atoms with Crippen LogP contribution in [-0.2, 0) is 0 Å². The normalized spacial score (nSPS) is 9.33. The van der Waals surface area contributed by atoms with Gasteiger partial charge >= 0.3 is 5.97 Å². The van der Waals surface area contributed by atoms with Crippen molar-refractivity contribution in [3.8, 4) is 0 Å². The standard InChI is InChI=1S/C7H7N3O2/c8-6(9)4-2-1-3-10-5(4)7(11)12/h1-3H,(H3,8,9)(H,11,12). The quantitative estimate of drug-likeness (QED) is 0.426. The van der Waals surface area contributed by atoms with Crippen molar-refractivity contribution in [2.75, 3.05) is 0 Å². The van der Waals surface area contributed by atoms with Crippen LogP contribution in [0.4, 0.5) is 0 Å². The molecule has 0 aliphatic carbocycles. The molecule has 1 aromatic rings. The van der Waals surface area contributed by atoms with Crippen molar-refractivity contribution in [2.45, 2.75) is 0 Å². The second-order valence-electron chi connectivity index (χ2n) is 2.12. The summed E-state index contributed by atoms with van der Waals surface area (Å²) in [4.78, 5) is 14.1. The number of nitrogens with one attached hydrogen (secondary N) is 1. The van der Waals surface area contributed by atoms with Gasteiger partial charge < -0.3 is 10.8 Å². The second kappa shape index (κ2) is 3.00. The molecule has 0 atom stereocenters. The molecular weight excluding hydrogens is 158 g/mol. The molecular formula is C7H7N3O2. The summed E-state index contributed by atoms with van der Waals surface area (Å²) in [6, 6.07) is 2.97. The SMILES string of the molecule is N=C(N)c1cccnc1C(=O)O. The predicted octanol–water partition coefficient (Wildman–Crippen LogP) is 0.0639. The Morgan fingerprint density at radius 3 is 2.75 bits per heavy atom. The first-order valence-corrected chi connectivity index (χ1v) is 3.15. The lowest BCUT2D eigenvalue weighted by Gasteiger charge is -2.00. The van der Waals surface area contributed by atoms with Crippen LogP contribution in [0.3, 0.4) is 0 Å². The molecule has 1 heterocycles. The van der Waals surface area contributed by atoms with Crippen molar-refractivity contribution in [1.82, 2.24) is 4.98 Å². The van der Waals surface area contributed by atoms with E-state index in [1.165, 1.54) is 18.3 Å². The molecule has 0 spiro atoms. The maximum atomic E-state index is 10.5. The van der Waals surface area contributed by atoms with Gasteiger partial charge in [0.2, 0.25) is 0 Å². The number of nitrogens with two attached hydrogens (primary N) is 1. The maximum absolute atomic E-state index is 10.5. The van der Waals surface area contributed by atoms with Gasteiger partial charge in [-0.05, 0) is 12.1 Å². The lowest BCUT2D eigenvalue weighted by molar-refractivity contribution is 0.0690. The van der Waals surface area contributed by atoms with Crippen LogP contribution >= 0.6 is 0 Å². The topological polar surface area (TPSA) is 100 Å². The highest BCUT2D eigenvalue weighted by Crippen LogP contribution is 2.03. The number of aromatic nitrogens is 1. The molecule has 5 heteroatoms. The fraction of sp³-hybridized carbons (Fsp3) is 0. The van der Waals surface area contributed by atoms with E-state index in [2.05, 4.69) is 4.98 Å². The first-order chi connectivity index (χ1) is 5.63. The summed E-state index contributed by atoms with van der Waals surface area (Å²) in [5.41, 5.74) is 5.09. The third kappa shape index (κ3) is 1.39. The van der Waals surface area contributed by atoms with Gasteiger partial charge in [-0.3, -0.25) is 5.41 Å². The first kappa shape index (κ1) is 8.19. The highest BCUT2D eigenvalue weighted by molar-refractivity contribution is 6.03. The average Bonchev–Trinajstić information content (AvgIpc) is 2.04. The van der Waals surface area contributed by atoms with Gasteiger partial charge in [-0.25, -0.2) is 9.78 Å². The van der Waals surface area contributed by atoms with Crippen molar-refractivity contribution in [2.24, 2.45) is 5.73 Å². The van der Waals surface area contributed by atoms with Crippen molar-refractivity contribution in [1.29, 1.82) is 5.41 Å². The van der Waals surface area contributed by atoms with Crippen LogP contribution in [-0.4, -0.2) is 21.9 Å². The number of hydrogen-bond donors (Lipinski definition) is 3. The largest absolute Gasteiger partial charge is 0.476 e. The molecule has 62 valence electrons. The van der Waals surface area contributed by atoms with Gasteiger partial charge in [-0.15, -0.1) is 0 Å². The van der Waals surface area contributed by atoms with Gasteiger partial charge in [0.05, 0.1) is 0 Å². The number of pyridine rings is 1. The van der Waals surface area contributed by atoms with E-state index in [0.29, 0.717) is 0 Å². The minimum Gasteiger partial charge on any atom is -0.476 e. The highest BCUT2D eigenvalue weighted by atomic mass is 16.4. The number of aromatic carboxylic acids is 1. The van der Waals surface area contributed by atoms with E-state index in [4.69, 9.17) is 16.2 Å². The number of rotatable bonds is 2. The van der Waals surface area contributed by atoms with E-state index < -0.39 is 5.97 Å². The number of carboxylic acid groups (broad SMARTS) is 1. The van der Waals surface area contributed by atoms with Crippen LogP contribution in [0.5, 0.6) is 0 Å². The van der Waals surface area contributed by atoms with Crippen LogP contribution < -0.4 is 5.73 Å². The summed E-state index contributed by atoms with van der Waals surface area (Å²) in [7, 11) is 0. The lowest BCUT2D eigenvalue weighted by atomic mass is 10.2. The Hall–Kier alpha value is -1.91. The lowest BCUT2D eigenvalue weighted by Crippen LogP contribution is -2.17. The molecule has 12 heavy (non-hydrogen) atoms. The number of carbonyl (C=O) groups is 1. The van der Waals surface area contributed by atoms with Gasteiger partial charge in [0, 0.05) is 11.8 Å². The fourth-order valence-electron chi connectivity index (χ4n) is 0.793. The number of amidine groups is 1. The second-order valence-corrected chi connectivity index (χ2v) is 2.12. The Bertz CT molecular complexity index is 302. The van der Waals surface area contributed by atoms with Crippen molar-refractivity contribution in [3.05, 3.63) is 29.6 Å². The molecule has 1 aromatic heterocycles. The molecule has 1 rings (SSSR count). The number of nitrogens with zero attached hydrogens (tertiary/aromatic N) is 1. The zero-order valence-corrected chi connectivity index (χ0v) is 6.11. The monoisotopic (exact) mass is 165 g/mol. The third-order valence-electron chi connectivity index (χ3n) is 1.30. The minimum absolute atomic E-state index is 0.144. The Morgan fingerprint density at radius 1 is 1.67 bits per heavy atom. The van der Waals surface area contributed by atoms with Crippen molar-refractivity contribution in [3.63, 3.8) is 0 Å². The Labute approximate surface area is 68.4 Å². The zero-order valence-electron chi connectivity index (χ0n) is 6.11. The van der Waals surface area contributed by atoms with Gasteiger partial charge in [0.25, 0.3) is 0 Å². The summed E-state index contributed by atoms with van der Waals surface area (Å²) >= 11 is 0. The molecule has 0 aliphatic heterocycles. The van der Waals surface area contributed by atoms with E-state index in [1.54, 1.807) is 0 Å². The Morgan fingerprint density at radius 2 is 2.33 bits per heavy atom. The number of nitrogen functional groups attached to an aromatic ring is 1. The zero-order chi connectivity index (χ0) is 9.14. The molecule has 0 amide bonds. The van der Waals surface area contributed by atoms with Crippen LogP contribution in [0.15, 0.2) is 18.3 Å². The molecule has 0 aliphatic rings. The number of hydrogen-bond acceptors (Lipinski definition) is 3. The highest BCUT2D eigenvalue weighted by Gasteiger charge is 2.11. The third-order valence-corrected chi connectivity index (χ3v) is 1.30. The van der Waals surface area contributed by atoms with E-state index in [1.807, 2.05) is 0 Å². The van der Waals surface area contributed by atoms with E-state index in [9.17, 15) is 4.79 Å². The van der Waals surface area contributed by atoms with Crippen LogP contribution in [0.1, 0.15) is 16.1 Å². The van der Waals surface area contributed by atoms with Gasteiger partial charge in [0.15, 0.2) is 5.69 Å². The molecule has 0 bridgehead atoms. The maximum Gasteiger partial charge on any atom is 0.355 e. The van der Waals surface area contributed by atoms with Gasteiger partial charge in [-0.2, -0.15) is 0 Å².